The lowest BCUT2D eigenvalue weighted by Crippen LogP contribution is -2.29. The summed E-state index contributed by atoms with van der Waals surface area (Å²) in [7, 11) is 0. The number of aromatic nitrogens is 1. The predicted octanol–water partition coefficient (Wildman–Crippen LogP) is 2.60. The molecule has 0 unspecified atom stereocenters. The van der Waals surface area contributed by atoms with Gasteiger partial charge < -0.3 is 15.6 Å². The summed E-state index contributed by atoms with van der Waals surface area (Å²) in [6, 6.07) is 7.69. The van der Waals surface area contributed by atoms with Gasteiger partial charge in [-0.3, -0.25) is 14.4 Å². The van der Waals surface area contributed by atoms with Crippen molar-refractivity contribution in [3.05, 3.63) is 62.6 Å². The van der Waals surface area contributed by atoms with E-state index in [4.69, 9.17) is 0 Å². The van der Waals surface area contributed by atoms with Gasteiger partial charge in [0.1, 0.15) is 0 Å². The molecule has 3 N–H and O–H groups in total. The van der Waals surface area contributed by atoms with Crippen LogP contribution in [0, 0.1) is 27.7 Å². The largest absolute Gasteiger partial charge is 0.351 e. The van der Waals surface area contributed by atoms with Crippen molar-refractivity contribution in [3.8, 4) is 0 Å². The lowest BCUT2D eigenvalue weighted by Gasteiger charge is -2.10. The zero-order valence-electron chi connectivity index (χ0n) is 16.1. The van der Waals surface area contributed by atoms with Gasteiger partial charge in [-0.25, -0.2) is 0 Å². The van der Waals surface area contributed by atoms with Crippen molar-refractivity contribution >= 4 is 29.3 Å². The van der Waals surface area contributed by atoms with Gasteiger partial charge in [-0.1, -0.05) is 17.7 Å². The SMILES string of the molecule is Cc1ccc(NC(=O)CSCC(=O)NCc2c(C)cc(C)[nH]c2=O)c(C)c1. The maximum atomic E-state index is 12.0. The number of thioether (sulfide) groups is 1. The fourth-order valence-electron chi connectivity index (χ4n) is 2.72. The van der Waals surface area contributed by atoms with Crippen molar-refractivity contribution in [1.82, 2.24) is 10.3 Å². The van der Waals surface area contributed by atoms with E-state index in [9.17, 15) is 14.4 Å². The van der Waals surface area contributed by atoms with E-state index in [-0.39, 0.29) is 35.4 Å². The van der Waals surface area contributed by atoms with Crippen molar-refractivity contribution in [2.75, 3.05) is 16.8 Å². The average Bonchev–Trinajstić information content (AvgIpc) is 2.56. The minimum absolute atomic E-state index is 0.148. The molecule has 0 atom stereocenters. The summed E-state index contributed by atoms with van der Waals surface area (Å²) < 4.78 is 0. The second-order valence-electron chi connectivity index (χ2n) is 6.58. The molecule has 0 aliphatic heterocycles. The van der Waals surface area contributed by atoms with E-state index in [0.29, 0.717) is 5.56 Å². The molecule has 0 saturated heterocycles. The van der Waals surface area contributed by atoms with Crippen LogP contribution < -0.4 is 16.2 Å². The summed E-state index contributed by atoms with van der Waals surface area (Å²) in [5.74, 6) is -0.0159. The first-order valence-electron chi connectivity index (χ1n) is 8.67. The molecule has 144 valence electrons. The Kier molecular flexibility index (Phi) is 7.24. The molecule has 0 aliphatic carbocycles. The quantitative estimate of drug-likeness (QED) is 0.681. The molecule has 0 aliphatic rings. The van der Waals surface area contributed by atoms with Crippen LogP contribution in [0.2, 0.25) is 0 Å². The van der Waals surface area contributed by atoms with Gasteiger partial charge in [0.05, 0.1) is 11.5 Å². The third kappa shape index (κ3) is 6.29. The fourth-order valence-corrected chi connectivity index (χ4v) is 3.36. The Balaban J connectivity index is 1.76. The molecule has 0 spiro atoms. The maximum absolute atomic E-state index is 12.0. The summed E-state index contributed by atoms with van der Waals surface area (Å²) >= 11 is 1.23. The molecule has 2 aromatic rings. The van der Waals surface area contributed by atoms with E-state index in [2.05, 4.69) is 15.6 Å². The van der Waals surface area contributed by atoms with Crippen LogP contribution >= 0.6 is 11.8 Å². The van der Waals surface area contributed by atoms with E-state index in [1.165, 1.54) is 11.8 Å². The van der Waals surface area contributed by atoms with Gasteiger partial charge in [-0.2, -0.15) is 0 Å². The number of rotatable bonds is 7. The number of amides is 2. The summed E-state index contributed by atoms with van der Waals surface area (Å²) in [6.07, 6.45) is 0. The lowest BCUT2D eigenvalue weighted by molar-refractivity contribution is -0.118. The Morgan fingerprint density at radius 2 is 1.70 bits per heavy atom. The Morgan fingerprint density at radius 3 is 2.37 bits per heavy atom. The molecule has 0 bridgehead atoms. The van der Waals surface area contributed by atoms with Gasteiger partial charge in [0.15, 0.2) is 0 Å². The highest BCUT2D eigenvalue weighted by Gasteiger charge is 2.10. The van der Waals surface area contributed by atoms with E-state index < -0.39 is 0 Å². The monoisotopic (exact) mass is 387 g/mol. The minimum atomic E-state index is -0.210. The number of nitrogens with one attached hydrogen (secondary N) is 3. The topological polar surface area (TPSA) is 91.1 Å². The summed E-state index contributed by atoms with van der Waals surface area (Å²) in [6.45, 7) is 7.78. The first-order valence-corrected chi connectivity index (χ1v) is 9.82. The molecule has 27 heavy (non-hydrogen) atoms. The molecule has 2 amide bonds. The number of pyridine rings is 1. The zero-order valence-corrected chi connectivity index (χ0v) is 16.9. The van der Waals surface area contributed by atoms with Crippen LogP contribution in [0.4, 0.5) is 5.69 Å². The molecule has 1 heterocycles. The van der Waals surface area contributed by atoms with Crippen LogP contribution in [0.25, 0.3) is 0 Å². The van der Waals surface area contributed by atoms with Crippen LogP contribution in [0.3, 0.4) is 0 Å². The fraction of sp³-hybridized carbons (Fsp3) is 0.350. The number of aryl methyl sites for hydroxylation is 4. The highest BCUT2D eigenvalue weighted by Crippen LogP contribution is 2.16. The lowest BCUT2D eigenvalue weighted by atomic mass is 10.1. The molecule has 7 heteroatoms. The van der Waals surface area contributed by atoms with Gasteiger partial charge >= 0.3 is 0 Å². The van der Waals surface area contributed by atoms with Gasteiger partial charge in [0.2, 0.25) is 11.8 Å². The smallest absolute Gasteiger partial charge is 0.253 e. The van der Waals surface area contributed by atoms with Crippen LogP contribution in [0.15, 0.2) is 29.1 Å². The number of hydrogen-bond donors (Lipinski definition) is 3. The number of hydrogen-bond acceptors (Lipinski definition) is 4. The molecular weight excluding hydrogens is 362 g/mol. The molecule has 0 saturated carbocycles. The summed E-state index contributed by atoms with van der Waals surface area (Å²) in [4.78, 5) is 38.6. The highest BCUT2D eigenvalue weighted by molar-refractivity contribution is 8.00. The van der Waals surface area contributed by atoms with Crippen LogP contribution in [0.1, 0.15) is 27.9 Å². The van der Waals surface area contributed by atoms with Crippen molar-refractivity contribution in [1.29, 1.82) is 0 Å². The van der Waals surface area contributed by atoms with E-state index >= 15 is 0 Å². The Labute approximate surface area is 163 Å². The van der Waals surface area contributed by atoms with E-state index in [0.717, 1.165) is 28.1 Å². The predicted molar refractivity (Wildman–Crippen MR) is 110 cm³/mol. The second kappa shape index (κ2) is 9.41. The van der Waals surface area contributed by atoms with Gasteiger partial charge in [-0.15, -0.1) is 11.8 Å². The van der Waals surface area contributed by atoms with Crippen molar-refractivity contribution in [2.24, 2.45) is 0 Å². The normalized spacial score (nSPS) is 10.5. The molecule has 1 aromatic carbocycles. The average molecular weight is 388 g/mol. The van der Waals surface area contributed by atoms with Crippen molar-refractivity contribution < 1.29 is 9.59 Å². The standard InChI is InChI=1S/C20H25N3O3S/c1-12-5-6-17(14(3)7-12)23-19(25)11-27-10-18(24)21-9-16-13(2)8-15(4)22-20(16)26/h5-8H,9-11H2,1-4H3,(H,21,24)(H,22,26)(H,23,25). The van der Waals surface area contributed by atoms with Crippen LogP contribution in [-0.4, -0.2) is 28.3 Å². The third-order valence-corrected chi connectivity index (χ3v) is 5.01. The first-order chi connectivity index (χ1) is 12.8. The Morgan fingerprint density at radius 1 is 1.00 bits per heavy atom. The molecular formula is C20H25N3O3S. The Hall–Kier alpha value is -2.54. The third-order valence-electron chi connectivity index (χ3n) is 4.08. The summed E-state index contributed by atoms with van der Waals surface area (Å²) in [5.41, 5.74) is 4.92. The number of benzene rings is 1. The van der Waals surface area contributed by atoms with Crippen LogP contribution in [0.5, 0.6) is 0 Å². The van der Waals surface area contributed by atoms with E-state index in [1.54, 1.807) is 0 Å². The number of carbonyl (C=O) groups is 2. The first kappa shape index (κ1) is 20.8. The maximum Gasteiger partial charge on any atom is 0.253 e. The van der Waals surface area contributed by atoms with Crippen molar-refractivity contribution in [2.45, 2.75) is 34.2 Å². The molecule has 0 fully saturated rings. The van der Waals surface area contributed by atoms with Crippen molar-refractivity contribution in [3.63, 3.8) is 0 Å². The number of carbonyl (C=O) groups excluding carboxylic acids is 2. The number of H-pyrrole nitrogens is 1. The number of aromatic amines is 1. The van der Waals surface area contributed by atoms with E-state index in [1.807, 2.05) is 52.0 Å². The highest BCUT2D eigenvalue weighted by atomic mass is 32.2. The molecule has 0 radical (unpaired) electrons. The Bertz CT molecular complexity index is 906. The van der Waals surface area contributed by atoms with Gasteiger partial charge in [0.25, 0.3) is 5.56 Å². The van der Waals surface area contributed by atoms with Gasteiger partial charge in [0, 0.05) is 23.5 Å². The number of anilines is 1. The zero-order chi connectivity index (χ0) is 20.0. The molecule has 1 aromatic heterocycles. The van der Waals surface area contributed by atoms with Gasteiger partial charge in [-0.05, 0) is 51.0 Å². The summed E-state index contributed by atoms with van der Waals surface area (Å²) in [5, 5.41) is 5.58. The van der Waals surface area contributed by atoms with Crippen LogP contribution in [-0.2, 0) is 16.1 Å². The molecule has 2 rings (SSSR count). The molecule has 6 nitrogen and oxygen atoms in total. The second-order valence-corrected chi connectivity index (χ2v) is 7.56. The minimum Gasteiger partial charge on any atom is -0.351 e.